The van der Waals surface area contributed by atoms with E-state index in [2.05, 4.69) is 5.32 Å². The van der Waals surface area contributed by atoms with Crippen LogP contribution in [-0.4, -0.2) is 45.1 Å². The molecule has 1 aromatic heterocycles. The lowest BCUT2D eigenvalue weighted by atomic mass is 10.3. The van der Waals surface area contributed by atoms with Crippen molar-refractivity contribution >= 4 is 21.4 Å². The van der Waals surface area contributed by atoms with Gasteiger partial charge in [-0.1, -0.05) is 13.8 Å². The highest BCUT2D eigenvalue weighted by Crippen LogP contribution is 2.27. The van der Waals surface area contributed by atoms with Crippen molar-refractivity contribution in [3.05, 3.63) is 17.0 Å². The molecule has 21 heavy (non-hydrogen) atoms. The van der Waals surface area contributed by atoms with Crippen LogP contribution in [0.25, 0.3) is 0 Å². The van der Waals surface area contributed by atoms with E-state index >= 15 is 0 Å². The van der Waals surface area contributed by atoms with Crippen LogP contribution < -0.4 is 5.32 Å². The van der Waals surface area contributed by atoms with Gasteiger partial charge < -0.3 is 5.32 Å². The smallest absolute Gasteiger partial charge is 0.317 e. The molecule has 0 fully saturated rings. The van der Waals surface area contributed by atoms with E-state index in [1.54, 1.807) is 6.07 Å². The molecule has 0 aliphatic carbocycles. The number of sulfonamides is 1. The Bertz CT molecular complexity index is 541. The number of hydrogen-bond donors (Lipinski definition) is 1. The number of thiophene rings is 1. The highest BCUT2D eigenvalue weighted by molar-refractivity contribution is 7.91. The molecule has 0 aliphatic heterocycles. The highest BCUT2D eigenvalue weighted by Gasteiger charge is 2.36. The standard InChI is InChI=1S/C12H19F3N2O2S2/c1-3-16-8-7-10-5-6-11(20-10)21(18,19)17(4-2)9-12(13,14)15/h5-6,16H,3-4,7-9H2,1-2H3. The Labute approximate surface area is 127 Å². The first-order valence-electron chi connectivity index (χ1n) is 6.57. The fourth-order valence-corrected chi connectivity index (χ4v) is 4.66. The summed E-state index contributed by atoms with van der Waals surface area (Å²) in [6.45, 7) is 3.19. The number of rotatable bonds is 8. The fraction of sp³-hybridized carbons (Fsp3) is 0.667. The topological polar surface area (TPSA) is 49.4 Å². The summed E-state index contributed by atoms with van der Waals surface area (Å²) in [7, 11) is -4.08. The zero-order chi connectivity index (χ0) is 16.1. The lowest BCUT2D eigenvalue weighted by Gasteiger charge is -2.20. The Morgan fingerprint density at radius 1 is 1.29 bits per heavy atom. The summed E-state index contributed by atoms with van der Waals surface area (Å²) < 4.78 is 62.1. The molecule has 0 saturated heterocycles. The predicted molar refractivity (Wildman–Crippen MR) is 77.1 cm³/mol. The van der Waals surface area contributed by atoms with Gasteiger partial charge in [0, 0.05) is 11.4 Å². The molecule has 1 aromatic rings. The largest absolute Gasteiger partial charge is 0.402 e. The first-order valence-corrected chi connectivity index (χ1v) is 8.82. The molecule has 122 valence electrons. The molecule has 0 saturated carbocycles. The summed E-state index contributed by atoms with van der Waals surface area (Å²) in [6, 6.07) is 3.02. The van der Waals surface area contributed by atoms with E-state index in [-0.39, 0.29) is 10.8 Å². The minimum absolute atomic E-state index is 0.0416. The number of nitrogens with one attached hydrogen (secondary N) is 1. The summed E-state index contributed by atoms with van der Waals surface area (Å²) in [4.78, 5) is 0.831. The lowest BCUT2D eigenvalue weighted by molar-refractivity contribution is -0.135. The maximum Gasteiger partial charge on any atom is 0.402 e. The number of halogens is 3. The van der Waals surface area contributed by atoms with Crippen molar-refractivity contribution < 1.29 is 21.6 Å². The van der Waals surface area contributed by atoms with E-state index in [4.69, 9.17) is 0 Å². The van der Waals surface area contributed by atoms with Crippen molar-refractivity contribution in [2.45, 2.75) is 30.7 Å². The van der Waals surface area contributed by atoms with Gasteiger partial charge in [-0.05, 0) is 31.6 Å². The number of nitrogens with zero attached hydrogens (tertiary/aromatic N) is 1. The SMILES string of the molecule is CCNCCc1ccc(S(=O)(=O)N(CC)CC(F)(F)F)s1. The normalized spacial score (nSPS) is 13.0. The second-order valence-corrected chi connectivity index (χ2v) is 7.70. The zero-order valence-corrected chi connectivity index (χ0v) is 13.5. The van der Waals surface area contributed by atoms with Crippen molar-refractivity contribution in [3.63, 3.8) is 0 Å². The number of alkyl halides is 3. The molecule has 4 nitrogen and oxygen atoms in total. The van der Waals surface area contributed by atoms with Crippen molar-refractivity contribution in [3.8, 4) is 0 Å². The third-order valence-electron chi connectivity index (χ3n) is 2.74. The third kappa shape index (κ3) is 5.57. The molecule has 0 atom stereocenters. The minimum atomic E-state index is -4.55. The predicted octanol–water partition coefficient (Wildman–Crippen LogP) is 2.47. The summed E-state index contributed by atoms with van der Waals surface area (Å²) >= 11 is 1.02. The molecule has 0 spiro atoms. The van der Waals surface area contributed by atoms with Gasteiger partial charge in [-0.15, -0.1) is 11.3 Å². The maximum atomic E-state index is 12.4. The Morgan fingerprint density at radius 2 is 1.95 bits per heavy atom. The second kappa shape index (κ2) is 7.57. The van der Waals surface area contributed by atoms with Crippen LogP contribution in [0.3, 0.4) is 0 Å². The molecule has 1 rings (SSSR count). The molecule has 0 radical (unpaired) electrons. The fourth-order valence-electron chi connectivity index (χ4n) is 1.71. The van der Waals surface area contributed by atoms with Gasteiger partial charge in [-0.25, -0.2) is 8.42 Å². The molecule has 0 bridgehead atoms. The summed E-state index contributed by atoms with van der Waals surface area (Å²) in [6.07, 6.45) is -3.90. The first kappa shape index (κ1) is 18.4. The summed E-state index contributed by atoms with van der Waals surface area (Å²) in [5.74, 6) is 0. The van der Waals surface area contributed by atoms with Gasteiger partial charge in [0.1, 0.15) is 10.8 Å². The Morgan fingerprint density at radius 3 is 2.48 bits per heavy atom. The number of hydrogen-bond acceptors (Lipinski definition) is 4. The van der Waals surface area contributed by atoms with Crippen LogP contribution in [-0.2, 0) is 16.4 Å². The molecule has 0 unspecified atom stereocenters. The van der Waals surface area contributed by atoms with Crippen LogP contribution in [0.2, 0.25) is 0 Å². The Balaban J connectivity index is 2.86. The number of likely N-dealkylation sites (N-methyl/N-ethyl adjacent to an activating group) is 1. The first-order chi connectivity index (χ1) is 9.70. The van der Waals surface area contributed by atoms with Gasteiger partial charge in [0.25, 0.3) is 10.0 Å². The van der Waals surface area contributed by atoms with Gasteiger partial charge >= 0.3 is 6.18 Å². The van der Waals surface area contributed by atoms with E-state index in [1.165, 1.54) is 13.0 Å². The van der Waals surface area contributed by atoms with Crippen LogP contribution in [0.15, 0.2) is 16.3 Å². The van der Waals surface area contributed by atoms with Crippen molar-refractivity contribution in [2.75, 3.05) is 26.2 Å². The van der Waals surface area contributed by atoms with E-state index in [0.29, 0.717) is 17.3 Å². The van der Waals surface area contributed by atoms with E-state index < -0.39 is 22.7 Å². The molecular weight excluding hydrogens is 325 g/mol. The van der Waals surface area contributed by atoms with Crippen LogP contribution in [0.4, 0.5) is 13.2 Å². The second-order valence-electron chi connectivity index (χ2n) is 4.37. The zero-order valence-electron chi connectivity index (χ0n) is 11.9. The average molecular weight is 344 g/mol. The van der Waals surface area contributed by atoms with Crippen LogP contribution in [0.5, 0.6) is 0 Å². The average Bonchev–Trinajstić information content (AvgIpc) is 2.84. The van der Waals surface area contributed by atoms with E-state index in [0.717, 1.165) is 22.8 Å². The van der Waals surface area contributed by atoms with Crippen molar-refractivity contribution in [2.24, 2.45) is 0 Å². The quantitative estimate of drug-likeness (QED) is 0.737. The van der Waals surface area contributed by atoms with Crippen LogP contribution in [0.1, 0.15) is 18.7 Å². The lowest BCUT2D eigenvalue weighted by Crippen LogP contribution is -2.38. The molecule has 0 aliphatic rings. The van der Waals surface area contributed by atoms with Crippen LogP contribution >= 0.6 is 11.3 Å². The highest BCUT2D eigenvalue weighted by atomic mass is 32.2. The summed E-state index contributed by atoms with van der Waals surface area (Å²) in [5.41, 5.74) is 0. The van der Waals surface area contributed by atoms with Gasteiger partial charge in [-0.3, -0.25) is 0 Å². The maximum absolute atomic E-state index is 12.4. The summed E-state index contributed by atoms with van der Waals surface area (Å²) in [5, 5.41) is 3.11. The van der Waals surface area contributed by atoms with Crippen molar-refractivity contribution in [1.82, 2.24) is 9.62 Å². The molecule has 1 heterocycles. The van der Waals surface area contributed by atoms with Crippen molar-refractivity contribution in [1.29, 1.82) is 0 Å². The monoisotopic (exact) mass is 344 g/mol. The van der Waals surface area contributed by atoms with Gasteiger partial charge in [0.05, 0.1) is 0 Å². The Kier molecular flexibility index (Phi) is 6.64. The van der Waals surface area contributed by atoms with Crippen LogP contribution in [0, 0.1) is 0 Å². The molecule has 9 heteroatoms. The third-order valence-corrected chi connectivity index (χ3v) is 6.27. The molecule has 0 amide bonds. The molecule has 1 N–H and O–H groups in total. The van der Waals surface area contributed by atoms with E-state index in [9.17, 15) is 21.6 Å². The minimum Gasteiger partial charge on any atom is -0.317 e. The van der Waals surface area contributed by atoms with E-state index in [1.807, 2.05) is 6.92 Å². The van der Waals surface area contributed by atoms with Gasteiger partial charge in [-0.2, -0.15) is 17.5 Å². The molecule has 0 aromatic carbocycles. The van der Waals surface area contributed by atoms with Gasteiger partial charge in [0.15, 0.2) is 0 Å². The van der Waals surface area contributed by atoms with Gasteiger partial charge in [0.2, 0.25) is 0 Å². The molecular formula is C12H19F3N2O2S2. The Hall–Kier alpha value is -0.640.